The molecule has 2 atom stereocenters. The maximum Gasteiger partial charge on any atom is 0.133 e. The molecule has 0 aromatic heterocycles. The van der Waals surface area contributed by atoms with E-state index in [1.54, 1.807) is 7.11 Å². The molecule has 0 bridgehead atoms. The number of hydrogen-bond acceptors (Lipinski definition) is 4. The zero-order valence-corrected chi connectivity index (χ0v) is 16.8. The third-order valence-corrected chi connectivity index (χ3v) is 5.58. The van der Waals surface area contributed by atoms with Crippen molar-refractivity contribution in [1.82, 2.24) is 5.32 Å². The molecule has 1 aliphatic rings. The van der Waals surface area contributed by atoms with Crippen LogP contribution in [0.5, 0.6) is 11.5 Å². The minimum Gasteiger partial charge on any atom is -0.457 e. The molecule has 0 radical (unpaired) electrons. The number of methoxy groups -OCH3 is 1. The lowest BCUT2D eigenvalue weighted by molar-refractivity contribution is -0.0449. The molecule has 3 rings (SSSR count). The van der Waals surface area contributed by atoms with E-state index in [2.05, 4.69) is 5.32 Å². The highest BCUT2D eigenvalue weighted by Gasteiger charge is 2.41. The average molecular weight is 405 g/mol. The Balaban J connectivity index is 1.94. The van der Waals surface area contributed by atoms with Crippen molar-refractivity contribution in [3.8, 4) is 11.5 Å². The third-order valence-electron chi connectivity index (χ3n) is 5.58. The van der Waals surface area contributed by atoms with Gasteiger partial charge in [0, 0.05) is 31.7 Å². The Labute approximate surface area is 170 Å². The molecule has 1 heterocycles. The van der Waals surface area contributed by atoms with E-state index in [0.29, 0.717) is 36.6 Å². The second-order valence-corrected chi connectivity index (χ2v) is 7.61. The number of rotatable bonds is 9. The van der Waals surface area contributed by atoms with Gasteiger partial charge in [-0.25, -0.2) is 8.78 Å². The van der Waals surface area contributed by atoms with Crippen LogP contribution in [0.2, 0.25) is 0 Å². The fraction of sp³-hybridized carbons (Fsp3) is 0.478. The SMILES string of the molecule is COCCCC[C@@](O)(c1cc(F)ccc1Oc1ccc(F)cc1)[C@@H]1CCCNC1. The van der Waals surface area contributed by atoms with Crippen LogP contribution in [0.3, 0.4) is 0 Å². The number of benzene rings is 2. The Kier molecular flexibility index (Phi) is 7.58. The molecule has 4 nitrogen and oxygen atoms in total. The first kappa shape index (κ1) is 21.7. The summed E-state index contributed by atoms with van der Waals surface area (Å²) in [7, 11) is 1.65. The van der Waals surface area contributed by atoms with Gasteiger partial charge in [-0.05, 0) is 81.1 Å². The maximum absolute atomic E-state index is 14.2. The molecule has 1 fully saturated rings. The second-order valence-electron chi connectivity index (χ2n) is 7.61. The highest BCUT2D eigenvalue weighted by Crippen LogP contribution is 2.43. The smallest absolute Gasteiger partial charge is 0.133 e. The zero-order chi connectivity index (χ0) is 20.7. The lowest BCUT2D eigenvalue weighted by Gasteiger charge is -2.40. The van der Waals surface area contributed by atoms with Crippen LogP contribution in [-0.4, -0.2) is 31.9 Å². The Hall–Kier alpha value is -2.02. The minimum atomic E-state index is -1.24. The van der Waals surface area contributed by atoms with Crippen LogP contribution in [0.15, 0.2) is 42.5 Å². The number of aliphatic hydroxyl groups is 1. The van der Waals surface area contributed by atoms with Crippen LogP contribution < -0.4 is 10.1 Å². The first-order valence-corrected chi connectivity index (χ1v) is 10.2. The van der Waals surface area contributed by atoms with Gasteiger partial charge in [0.2, 0.25) is 0 Å². The number of ether oxygens (including phenoxy) is 2. The summed E-state index contributed by atoms with van der Waals surface area (Å²) in [4.78, 5) is 0. The zero-order valence-electron chi connectivity index (χ0n) is 16.8. The molecule has 158 valence electrons. The maximum atomic E-state index is 14.2. The summed E-state index contributed by atoms with van der Waals surface area (Å²) in [5, 5.41) is 15.2. The predicted octanol–water partition coefficient (Wildman–Crippen LogP) is 4.76. The van der Waals surface area contributed by atoms with Crippen LogP contribution in [-0.2, 0) is 10.3 Å². The summed E-state index contributed by atoms with van der Waals surface area (Å²) in [6.45, 7) is 2.19. The molecule has 2 N–H and O–H groups in total. The predicted molar refractivity (Wildman–Crippen MR) is 108 cm³/mol. The van der Waals surface area contributed by atoms with Crippen molar-refractivity contribution >= 4 is 0 Å². The van der Waals surface area contributed by atoms with Crippen LogP contribution >= 0.6 is 0 Å². The van der Waals surface area contributed by atoms with Gasteiger partial charge in [0.1, 0.15) is 23.1 Å². The Morgan fingerprint density at radius 3 is 2.55 bits per heavy atom. The minimum absolute atomic E-state index is 0.0591. The van der Waals surface area contributed by atoms with E-state index in [-0.39, 0.29) is 11.7 Å². The lowest BCUT2D eigenvalue weighted by Crippen LogP contribution is -2.44. The number of piperidine rings is 1. The van der Waals surface area contributed by atoms with Crippen LogP contribution in [0, 0.1) is 17.6 Å². The second kappa shape index (κ2) is 10.1. The quantitative estimate of drug-likeness (QED) is 0.591. The molecular weight excluding hydrogens is 376 g/mol. The Bertz CT molecular complexity index is 778. The van der Waals surface area contributed by atoms with Crippen molar-refractivity contribution in [1.29, 1.82) is 0 Å². The van der Waals surface area contributed by atoms with E-state index in [4.69, 9.17) is 9.47 Å². The highest BCUT2D eigenvalue weighted by molar-refractivity contribution is 5.42. The lowest BCUT2D eigenvalue weighted by atomic mass is 9.74. The summed E-state index contributed by atoms with van der Waals surface area (Å²) >= 11 is 0. The molecule has 0 amide bonds. The van der Waals surface area contributed by atoms with E-state index >= 15 is 0 Å². The topological polar surface area (TPSA) is 50.7 Å². The molecule has 29 heavy (non-hydrogen) atoms. The normalized spacial score (nSPS) is 19.0. The molecular formula is C23H29F2NO3. The van der Waals surface area contributed by atoms with E-state index in [9.17, 15) is 13.9 Å². The largest absolute Gasteiger partial charge is 0.457 e. The summed E-state index contributed by atoms with van der Waals surface area (Å²) in [6, 6.07) is 9.85. The van der Waals surface area contributed by atoms with Crippen LogP contribution in [0.25, 0.3) is 0 Å². The van der Waals surface area contributed by atoms with Crippen LogP contribution in [0.4, 0.5) is 8.78 Å². The van der Waals surface area contributed by atoms with E-state index < -0.39 is 11.4 Å². The van der Waals surface area contributed by atoms with Gasteiger partial charge in [0.05, 0.1) is 5.60 Å². The Morgan fingerprint density at radius 2 is 1.86 bits per heavy atom. The molecule has 0 unspecified atom stereocenters. The molecule has 6 heteroatoms. The number of nitrogens with one attached hydrogen (secondary N) is 1. The number of hydrogen-bond donors (Lipinski definition) is 2. The van der Waals surface area contributed by atoms with E-state index in [1.165, 1.54) is 42.5 Å². The van der Waals surface area contributed by atoms with Crippen molar-refractivity contribution in [2.24, 2.45) is 5.92 Å². The van der Waals surface area contributed by atoms with Gasteiger partial charge in [-0.3, -0.25) is 0 Å². The summed E-state index contributed by atoms with van der Waals surface area (Å²) in [6.07, 6.45) is 3.83. The summed E-state index contributed by atoms with van der Waals surface area (Å²) in [5.41, 5.74) is -0.800. The fourth-order valence-corrected chi connectivity index (χ4v) is 4.02. The van der Waals surface area contributed by atoms with Crippen molar-refractivity contribution in [2.45, 2.75) is 37.7 Å². The number of unbranched alkanes of at least 4 members (excludes halogenated alkanes) is 1. The molecule has 0 aliphatic carbocycles. The van der Waals surface area contributed by atoms with Gasteiger partial charge >= 0.3 is 0 Å². The standard InChI is InChI=1S/C23H29F2NO3/c1-28-14-3-2-12-23(27,17-5-4-13-26-16-17)21-15-19(25)8-11-22(21)29-20-9-6-18(24)7-10-20/h6-11,15,17,26-27H,2-5,12-14,16H2,1H3/t17-,23+/m1/s1. The molecule has 1 aliphatic heterocycles. The molecule has 1 saturated heterocycles. The third kappa shape index (κ3) is 5.53. The van der Waals surface area contributed by atoms with E-state index in [0.717, 1.165) is 32.2 Å². The van der Waals surface area contributed by atoms with Crippen molar-refractivity contribution in [3.05, 3.63) is 59.7 Å². The Morgan fingerprint density at radius 1 is 1.10 bits per heavy atom. The summed E-state index contributed by atoms with van der Waals surface area (Å²) < 4.78 is 38.5. The molecule has 0 spiro atoms. The first-order valence-electron chi connectivity index (χ1n) is 10.2. The first-order chi connectivity index (χ1) is 14.0. The van der Waals surface area contributed by atoms with Crippen LogP contribution in [0.1, 0.15) is 37.7 Å². The van der Waals surface area contributed by atoms with Crippen molar-refractivity contribution in [3.63, 3.8) is 0 Å². The highest BCUT2D eigenvalue weighted by atomic mass is 19.1. The number of halogens is 2. The van der Waals surface area contributed by atoms with Gasteiger partial charge in [-0.2, -0.15) is 0 Å². The fourth-order valence-electron chi connectivity index (χ4n) is 4.02. The monoisotopic (exact) mass is 405 g/mol. The van der Waals surface area contributed by atoms with E-state index in [1.807, 2.05) is 0 Å². The summed E-state index contributed by atoms with van der Waals surface area (Å²) in [5.74, 6) is -0.0260. The van der Waals surface area contributed by atoms with Gasteiger partial charge in [0.25, 0.3) is 0 Å². The molecule has 2 aromatic carbocycles. The van der Waals surface area contributed by atoms with Crippen molar-refractivity contribution < 1.29 is 23.4 Å². The molecule has 2 aromatic rings. The van der Waals surface area contributed by atoms with Gasteiger partial charge in [-0.1, -0.05) is 0 Å². The average Bonchev–Trinajstić information content (AvgIpc) is 2.74. The van der Waals surface area contributed by atoms with Crippen molar-refractivity contribution in [2.75, 3.05) is 26.8 Å². The van der Waals surface area contributed by atoms with Gasteiger partial charge in [0.15, 0.2) is 0 Å². The van der Waals surface area contributed by atoms with Gasteiger partial charge < -0.3 is 19.9 Å². The van der Waals surface area contributed by atoms with Gasteiger partial charge in [-0.15, -0.1) is 0 Å². The molecule has 0 saturated carbocycles.